The van der Waals surface area contributed by atoms with Gasteiger partial charge in [-0.15, -0.1) is 11.8 Å². The summed E-state index contributed by atoms with van der Waals surface area (Å²) in [6.45, 7) is 4.08. The molecule has 0 aliphatic heterocycles. The number of ether oxygens (including phenoxy) is 1. The highest BCUT2D eigenvalue weighted by Crippen LogP contribution is 2.15. The van der Waals surface area contributed by atoms with Crippen LogP contribution in [0.5, 0.6) is 0 Å². The predicted molar refractivity (Wildman–Crippen MR) is 71.1 cm³/mol. The third kappa shape index (κ3) is 6.16. The van der Waals surface area contributed by atoms with Crippen LogP contribution >= 0.6 is 11.8 Å². The van der Waals surface area contributed by atoms with Gasteiger partial charge < -0.3 is 10.1 Å². The third-order valence-corrected chi connectivity index (χ3v) is 3.38. The molecule has 0 bridgehead atoms. The van der Waals surface area contributed by atoms with Crippen LogP contribution in [0, 0.1) is 0 Å². The molecule has 0 saturated heterocycles. The summed E-state index contributed by atoms with van der Waals surface area (Å²) in [5, 5.41) is 3.49. The normalized spacial score (nSPS) is 12.6. The van der Waals surface area contributed by atoms with Crippen molar-refractivity contribution in [2.75, 3.05) is 26.0 Å². The van der Waals surface area contributed by atoms with E-state index in [4.69, 9.17) is 4.74 Å². The van der Waals surface area contributed by atoms with E-state index < -0.39 is 0 Å². The molecule has 0 aromatic heterocycles. The summed E-state index contributed by atoms with van der Waals surface area (Å²) in [6.07, 6.45) is 1.08. The lowest BCUT2D eigenvalue weighted by molar-refractivity contribution is 0.185. The largest absolute Gasteiger partial charge is 0.385 e. The van der Waals surface area contributed by atoms with Gasteiger partial charge in [-0.1, -0.05) is 18.2 Å². The first-order chi connectivity index (χ1) is 7.83. The fourth-order valence-corrected chi connectivity index (χ4v) is 2.19. The summed E-state index contributed by atoms with van der Waals surface area (Å²) in [5.41, 5.74) is 0. The number of benzene rings is 1. The molecule has 0 saturated carbocycles. The van der Waals surface area contributed by atoms with Gasteiger partial charge in [-0.25, -0.2) is 0 Å². The van der Waals surface area contributed by atoms with Crippen LogP contribution in [0.4, 0.5) is 0 Å². The SMILES string of the molecule is COCCC(C)NCCSc1ccccc1. The summed E-state index contributed by atoms with van der Waals surface area (Å²) in [5.74, 6) is 1.11. The van der Waals surface area contributed by atoms with Gasteiger partial charge in [-0.3, -0.25) is 0 Å². The zero-order chi connectivity index (χ0) is 11.6. The summed E-state index contributed by atoms with van der Waals surface area (Å²) in [7, 11) is 1.75. The summed E-state index contributed by atoms with van der Waals surface area (Å²) >= 11 is 1.89. The minimum Gasteiger partial charge on any atom is -0.385 e. The molecule has 1 aromatic rings. The average Bonchev–Trinajstić information content (AvgIpc) is 2.33. The van der Waals surface area contributed by atoms with Crippen LogP contribution in [0.25, 0.3) is 0 Å². The van der Waals surface area contributed by atoms with Gasteiger partial charge in [-0.2, -0.15) is 0 Å². The molecule has 0 amide bonds. The van der Waals surface area contributed by atoms with Gasteiger partial charge in [0.05, 0.1) is 0 Å². The van der Waals surface area contributed by atoms with Crippen molar-refractivity contribution < 1.29 is 4.74 Å². The van der Waals surface area contributed by atoms with E-state index in [0.717, 1.165) is 25.3 Å². The third-order valence-electron chi connectivity index (χ3n) is 2.36. The first-order valence-electron chi connectivity index (χ1n) is 5.73. The molecule has 0 heterocycles. The second-order valence-corrected chi connectivity index (χ2v) is 4.97. The molecule has 1 aromatic carbocycles. The van der Waals surface area contributed by atoms with Crippen molar-refractivity contribution in [1.82, 2.24) is 5.32 Å². The van der Waals surface area contributed by atoms with Crippen LogP contribution in [0.15, 0.2) is 35.2 Å². The second kappa shape index (κ2) is 8.62. The summed E-state index contributed by atoms with van der Waals surface area (Å²) in [4.78, 5) is 1.34. The van der Waals surface area contributed by atoms with Crippen LogP contribution in [0.3, 0.4) is 0 Å². The molecule has 0 spiro atoms. The van der Waals surface area contributed by atoms with Crippen molar-refractivity contribution in [2.45, 2.75) is 24.3 Å². The van der Waals surface area contributed by atoms with E-state index in [1.54, 1.807) is 7.11 Å². The van der Waals surface area contributed by atoms with Crippen molar-refractivity contribution in [3.8, 4) is 0 Å². The first-order valence-corrected chi connectivity index (χ1v) is 6.71. The maximum Gasteiger partial charge on any atom is 0.0476 e. The Bertz CT molecular complexity index is 266. The van der Waals surface area contributed by atoms with Crippen molar-refractivity contribution in [1.29, 1.82) is 0 Å². The Morgan fingerprint density at radius 1 is 1.31 bits per heavy atom. The summed E-state index contributed by atoms with van der Waals surface area (Å²) < 4.78 is 5.04. The second-order valence-electron chi connectivity index (χ2n) is 3.80. The zero-order valence-corrected chi connectivity index (χ0v) is 10.9. The van der Waals surface area contributed by atoms with E-state index in [2.05, 4.69) is 42.6 Å². The Kier molecular flexibility index (Phi) is 7.30. The quantitative estimate of drug-likeness (QED) is 0.557. The van der Waals surface area contributed by atoms with E-state index >= 15 is 0 Å². The van der Waals surface area contributed by atoms with Gasteiger partial charge in [0.15, 0.2) is 0 Å². The molecule has 3 heteroatoms. The highest BCUT2D eigenvalue weighted by molar-refractivity contribution is 7.99. The highest BCUT2D eigenvalue weighted by Gasteiger charge is 2.00. The molecule has 90 valence electrons. The van der Waals surface area contributed by atoms with Gasteiger partial charge in [0, 0.05) is 37.0 Å². The van der Waals surface area contributed by atoms with E-state index in [1.165, 1.54) is 4.90 Å². The average molecular weight is 239 g/mol. The van der Waals surface area contributed by atoms with Gasteiger partial charge in [-0.05, 0) is 25.5 Å². The predicted octanol–water partition coefficient (Wildman–Crippen LogP) is 2.79. The molecular weight excluding hydrogens is 218 g/mol. The van der Waals surface area contributed by atoms with E-state index in [0.29, 0.717) is 6.04 Å². The van der Waals surface area contributed by atoms with Crippen molar-refractivity contribution in [2.24, 2.45) is 0 Å². The maximum atomic E-state index is 5.04. The molecule has 2 nitrogen and oxygen atoms in total. The van der Waals surface area contributed by atoms with Gasteiger partial charge >= 0.3 is 0 Å². The van der Waals surface area contributed by atoms with E-state index in [-0.39, 0.29) is 0 Å². The number of nitrogens with one attached hydrogen (secondary N) is 1. The minimum atomic E-state index is 0.538. The lowest BCUT2D eigenvalue weighted by Crippen LogP contribution is -2.29. The number of hydrogen-bond acceptors (Lipinski definition) is 3. The Balaban J connectivity index is 2.03. The van der Waals surface area contributed by atoms with Crippen molar-refractivity contribution >= 4 is 11.8 Å². The maximum absolute atomic E-state index is 5.04. The minimum absolute atomic E-state index is 0.538. The molecule has 0 radical (unpaired) electrons. The lowest BCUT2D eigenvalue weighted by atomic mass is 10.2. The Hall–Kier alpha value is -0.510. The molecule has 1 N–H and O–H groups in total. The van der Waals surface area contributed by atoms with Crippen molar-refractivity contribution in [3.05, 3.63) is 30.3 Å². The molecule has 0 aliphatic rings. The molecule has 1 rings (SSSR count). The Morgan fingerprint density at radius 3 is 2.75 bits per heavy atom. The van der Waals surface area contributed by atoms with Gasteiger partial charge in [0.2, 0.25) is 0 Å². The van der Waals surface area contributed by atoms with Crippen LogP contribution in [-0.2, 0) is 4.74 Å². The Morgan fingerprint density at radius 2 is 2.06 bits per heavy atom. The fourth-order valence-electron chi connectivity index (χ4n) is 1.39. The zero-order valence-electron chi connectivity index (χ0n) is 10.1. The van der Waals surface area contributed by atoms with Crippen LogP contribution in [0.1, 0.15) is 13.3 Å². The van der Waals surface area contributed by atoms with Crippen LogP contribution < -0.4 is 5.32 Å². The summed E-state index contributed by atoms with van der Waals surface area (Å²) in [6, 6.07) is 11.1. The van der Waals surface area contributed by atoms with Crippen LogP contribution in [-0.4, -0.2) is 32.1 Å². The van der Waals surface area contributed by atoms with E-state index in [9.17, 15) is 0 Å². The first kappa shape index (κ1) is 13.6. The molecule has 16 heavy (non-hydrogen) atoms. The lowest BCUT2D eigenvalue weighted by Gasteiger charge is -2.12. The fraction of sp³-hybridized carbons (Fsp3) is 0.538. The molecule has 1 unspecified atom stereocenters. The molecular formula is C13H21NOS. The van der Waals surface area contributed by atoms with Gasteiger partial charge in [0.25, 0.3) is 0 Å². The number of hydrogen-bond donors (Lipinski definition) is 1. The molecule has 0 fully saturated rings. The smallest absolute Gasteiger partial charge is 0.0476 e. The van der Waals surface area contributed by atoms with Crippen molar-refractivity contribution in [3.63, 3.8) is 0 Å². The number of methoxy groups -OCH3 is 1. The number of rotatable bonds is 8. The molecule has 1 atom stereocenters. The molecule has 0 aliphatic carbocycles. The van der Waals surface area contributed by atoms with E-state index in [1.807, 2.05) is 11.8 Å². The monoisotopic (exact) mass is 239 g/mol. The van der Waals surface area contributed by atoms with Crippen LogP contribution in [0.2, 0.25) is 0 Å². The Labute approximate surface area is 103 Å². The van der Waals surface area contributed by atoms with Gasteiger partial charge in [0.1, 0.15) is 0 Å². The number of thioether (sulfide) groups is 1. The highest BCUT2D eigenvalue weighted by atomic mass is 32.2. The topological polar surface area (TPSA) is 21.3 Å². The standard InChI is InChI=1S/C13H21NOS/c1-12(8-10-15-2)14-9-11-16-13-6-4-3-5-7-13/h3-7,12,14H,8-11H2,1-2H3.